The molecule has 0 radical (unpaired) electrons. The van der Waals surface area contributed by atoms with Gasteiger partial charge < -0.3 is 9.47 Å². The predicted molar refractivity (Wildman–Crippen MR) is 165 cm³/mol. The van der Waals surface area contributed by atoms with Gasteiger partial charge in [0, 0.05) is 5.56 Å². The SMILES string of the molecule is CCCCCCCCOc1ccc(C(=O)Oc2ccc(C(=O)/C=C/C3C(=O)N(c4ccc(C)cc4)N=C3C)cc2)cc1. The quantitative estimate of drug-likeness (QED) is 0.0655. The predicted octanol–water partition coefficient (Wildman–Crippen LogP) is 7.73. The summed E-state index contributed by atoms with van der Waals surface area (Å²) in [6.45, 7) is 6.61. The third kappa shape index (κ3) is 8.26. The number of benzene rings is 3. The Balaban J connectivity index is 1.25. The summed E-state index contributed by atoms with van der Waals surface area (Å²) < 4.78 is 11.3. The van der Waals surface area contributed by atoms with E-state index in [1.807, 2.05) is 31.2 Å². The van der Waals surface area contributed by atoms with E-state index in [-0.39, 0.29) is 11.7 Å². The summed E-state index contributed by atoms with van der Waals surface area (Å²) in [5, 5.41) is 5.75. The highest BCUT2D eigenvalue weighted by molar-refractivity contribution is 6.17. The van der Waals surface area contributed by atoms with Crippen LogP contribution < -0.4 is 14.5 Å². The van der Waals surface area contributed by atoms with Crippen molar-refractivity contribution in [2.75, 3.05) is 11.6 Å². The van der Waals surface area contributed by atoms with E-state index in [4.69, 9.17) is 9.47 Å². The molecular formula is C35H38N2O5. The fraction of sp³-hybridized carbons (Fsp3) is 0.314. The van der Waals surface area contributed by atoms with Crippen LogP contribution >= 0.6 is 0 Å². The summed E-state index contributed by atoms with van der Waals surface area (Å²) in [7, 11) is 0. The van der Waals surface area contributed by atoms with Gasteiger partial charge in [-0.15, -0.1) is 0 Å². The average Bonchev–Trinajstić information content (AvgIpc) is 3.28. The van der Waals surface area contributed by atoms with Crippen LogP contribution in [0.3, 0.4) is 0 Å². The van der Waals surface area contributed by atoms with Crippen molar-refractivity contribution < 1.29 is 23.9 Å². The van der Waals surface area contributed by atoms with Crippen LogP contribution in [-0.2, 0) is 4.79 Å². The standard InChI is InChI=1S/C35H38N2O5/c1-4-5-6-7-8-9-24-41-30-18-14-28(15-19-30)35(40)42-31-20-12-27(13-21-31)33(38)23-22-32-26(3)36-37(34(32)39)29-16-10-25(2)11-17-29/h10-23,32H,4-9,24H2,1-3H3/b23-22+. The van der Waals surface area contributed by atoms with Crippen molar-refractivity contribution in [3.63, 3.8) is 0 Å². The molecule has 3 aromatic rings. The Morgan fingerprint density at radius 2 is 1.43 bits per heavy atom. The van der Waals surface area contributed by atoms with Crippen LogP contribution in [0.5, 0.6) is 11.5 Å². The normalized spacial score (nSPS) is 14.7. The number of esters is 1. The zero-order valence-electron chi connectivity index (χ0n) is 24.5. The largest absolute Gasteiger partial charge is 0.494 e. The number of hydrogen-bond acceptors (Lipinski definition) is 6. The average molecular weight is 567 g/mol. The summed E-state index contributed by atoms with van der Waals surface area (Å²) in [5.41, 5.74) is 3.21. The number of hydrogen-bond donors (Lipinski definition) is 0. The Labute approximate surface area is 247 Å². The number of anilines is 1. The van der Waals surface area contributed by atoms with Gasteiger partial charge in [-0.05, 0) is 87.0 Å². The number of amides is 1. The summed E-state index contributed by atoms with van der Waals surface area (Å²) in [6.07, 6.45) is 10.2. The molecule has 7 nitrogen and oxygen atoms in total. The first kappa shape index (κ1) is 30.4. The van der Waals surface area contributed by atoms with Crippen LogP contribution in [-0.4, -0.2) is 30.0 Å². The maximum Gasteiger partial charge on any atom is 0.343 e. The van der Waals surface area contributed by atoms with Gasteiger partial charge >= 0.3 is 5.97 Å². The highest BCUT2D eigenvalue weighted by Crippen LogP contribution is 2.25. The minimum Gasteiger partial charge on any atom is -0.494 e. The van der Waals surface area contributed by atoms with Gasteiger partial charge in [0.25, 0.3) is 5.91 Å². The molecule has 0 saturated heterocycles. The van der Waals surface area contributed by atoms with E-state index < -0.39 is 11.9 Å². The van der Waals surface area contributed by atoms with Gasteiger partial charge in [-0.1, -0.05) is 62.8 Å². The Kier molecular flexibility index (Phi) is 10.8. The number of unbranched alkanes of at least 4 members (excludes halogenated alkanes) is 5. The summed E-state index contributed by atoms with van der Waals surface area (Å²) >= 11 is 0. The van der Waals surface area contributed by atoms with Crippen LogP contribution in [0.2, 0.25) is 0 Å². The molecule has 4 rings (SSSR count). The number of aryl methyl sites for hydroxylation is 1. The van der Waals surface area contributed by atoms with Crippen molar-refractivity contribution in [1.29, 1.82) is 0 Å². The van der Waals surface area contributed by atoms with E-state index in [0.717, 1.165) is 24.2 Å². The molecule has 0 aliphatic carbocycles. The summed E-state index contributed by atoms with van der Waals surface area (Å²) in [6, 6.07) is 20.7. The zero-order chi connectivity index (χ0) is 29.9. The second-order valence-electron chi connectivity index (χ2n) is 10.5. The fourth-order valence-corrected chi connectivity index (χ4v) is 4.56. The molecule has 0 N–H and O–H groups in total. The van der Waals surface area contributed by atoms with Gasteiger partial charge in [0.15, 0.2) is 5.78 Å². The lowest BCUT2D eigenvalue weighted by atomic mass is 10.0. The molecule has 1 heterocycles. The molecule has 3 aromatic carbocycles. The smallest absolute Gasteiger partial charge is 0.343 e. The Morgan fingerprint density at radius 1 is 0.810 bits per heavy atom. The zero-order valence-corrected chi connectivity index (χ0v) is 24.5. The number of carbonyl (C=O) groups excluding carboxylic acids is 3. The van der Waals surface area contributed by atoms with E-state index >= 15 is 0 Å². The number of hydrazone groups is 1. The first-order valence-electron chi connectivity index (χ1n) is 14.6. The van der Waals surface area contributed by atoms with Crippen molar-refractivity contribution >= 4 is 29.1 Å². The van der Waals surface area contributed by atoms with Crippen molar-refractivity contribution in [3.8, 4) is 11.5 Å². The Bertz CT molecular complexity index is 1420. The molecule has 0 bridgehead atoms. The van der Waals surface area contributed by atoms with Gasteiger partial charge in [0.05, 0.1) is 29.5 Å². The number of ketones is 1. The third-order valence-electron chi connectivity index (χ3n) is 7.11. The van der Waals surface area contributed by atoms with Crippen LogP contribution in [0, 0.1) is 12.8 Å². The van der Waals surface area contributed by atoms with E-state index in [0.29, 0.717) is 34.9 Å². The molecule has 1 atom stereocenters. The Morgan fingerprint density at radius 3 is 2.12 bits per heavy atom. The van der Waals surface area contributed by atoms with Crippen molar-refractivity contribution in [2.45, 2.75) is 59.3 Å². The van der Waals surface area contributed by atoms with Gasteiger partial charge in [-0.2, -0.15) is 10.1 Å². The molecule has 0 fully saturated rings. The molecule has 1 amide bonds. The lowest BCUT2D eigenvalue weighted by Crippen LogP contribution is -2.26. The lowest BCUT2D eigenvalue weighted by molar-refractivity contribution is -0.118. The second kappa shape index (κ2) is 14.9. The number of allylic oxidation sites excluding steroid dienone is 1. The fourth-order valence-electron chi connectivity index (χ4n) is 4.56. The van der Waals surface area contributed by atoms with Crippen LogP contribution in [0.25, 0.3) is 0 Å². The molecule has 42 heavy (non-hydrogen) atoms. The van der Waals surface area contributed by atoms with Crippen molar-refractivity contribution in [2.24, 2.45) is 11.0 Å². The van der Waals surface area contributed by atoms with Crippen molar-refractivity contribution in [1.82, 2.24) is 0 Å². The van der Waals surface area contributed by atoms with E-state index in [1.165, 1.54) is 36.8 Å². The first-order valence-corrected chi connectivity index (χ1v) is 14.6. The molecule has 0 saturated carbocycles. The molecule has 1 unspecified atom stereocenters. The van der Waals surface area contributed by atoms with Gasteiger partial charge in [-0.3, -0.25) is 9.59 Å². The molecule has 7 heteroatoms. The molecule has 0 spiro atoms. The van der Waals surface area contributed by atoms with Gasteiger partial charge in [0.2, 0.25) is 0 Å². The number of carbonyl (C=O) groups is 3. The highest BCUT2D eigenvalue weighted by atomic mass is 16.5. The minimum absolute atomic E-state index is 0.208. The molecule has 0 aromatic heterocycles. The van der Waals surface area contributed by atoms with Crippen molar-refractivity contribution in [3.05, 3.63) is 102 Å². The van der Waals surface area contributed by atoms with Crippen LogP contribution in [0.4, 0.5) is 5.69 Å². The Hall–Kier alpha value is -4.52. The van der Waals surface area contributed by atoms with E-state index in [9.17, 15) is 14.4 Å². The monoisotopic (exact) mass is 566 g/mol. The van der Waals surface area contributed by atoms with Gasteiger partial charge in [-0.25, -0.2) is 4.79 Å². The molecule has 1 aliphatic heterocycles. The highest BCUT2D eigenvalue weighted by Gasteiger charge is 2.32. The molecular weight excluding hydrogens is 528 g/mol. The molecule has 218 valence electrons. The van der Waals surface area contributed by atoms with Gasteiger partial charge in [0.1, 0.15) is 11.5 Å². The van der Waals surface area contributed by atoms with Crippen LogP contribution in [0.1, 0.15) is 78.7 Å². The van der Waals surface area contributed by atoms with E-state index in [2.05, 4.69) is 12.0 Å². The number of ether oxygens (including phenoxy) is 2. The summed E-state index contributed by atoms with van der Waals surface area (Å²) in [4.78, 5) is 38.3. The topological polar surface area (TPSA) is 85.3 Å². The minimum atomic E-state index is -0.609. The third-order valence-corrected chi connectivity index (χ3v) is 7.11. The number of rotatable bonds is 14. The van der Waals surface area contributed by atoms with Crippen LogP contribution in [0.15, 0.2) is 90.0 Å². The first-order chi connectivity index (χ1) is 20.4. The lowest BCUT2D eigenvalue weighted by Gasteiger charge is -2.13. The van der Waals surface area contributed by atoms with E-state index in [1.54, 1.807) is 61.5 Å². The summed E-state index contributed by atoms with van der Waals surface area (Å²) in [5.74, 6) is -0.531. The second-order valence-corrected chi connectivity index (χ2v) is 10.5. The molecule has 1 aliphatic rings. The maximum absolute atomic E-state index is 12.9. The number of nitrogens with zero attached hydrogens (tertiary/aromatic N) is 2. The maximum atomic E-state index is 12.9.